The zero-order valence-electron chi connectivity index (χ0n) is 16.2. The van der Waals surface area contributed by atoms with Crippen LogP contribution in [0, 0.1) is 6.92 Å². The van der Waals surface area contributed by atoms with Gasteiger partial charge in [-0.1, -0.05) is 6.07 Å². The lowest BCUT2D eigenvalue weighted by molar-refractivity contribution is -0.127. The van der Waals surface area contributed by atoms with Crippen molar-refractivity contribution in [3.05, 3.63) is 47.0 Å². The molecular formula is C18H25N5O3S. The van der Waals surface area contributed by atoms with Crippen LogP contribution < -0.4 is 5.32 Å². The van der Waals surface area contributed by atoms with E-state index in [9.17, 15) is 13.2 Å². The standard InChI is InChI=1S/C18H25N5O3S/c1-12-6-7-13(10-19-12)18(2,3)21-17(24)16-14-11-20-22(4)15(14)8-9-23(16)27(5,25)26/h6-7,10-11,16H,8-9H2,1-5H3,(H,21,24). The molecule has 0 radical (unpaired) electrons. The van der Waals surface area contributed by atoms with Crippen molar-refractivity contribution in [3.63, 3.8) is 0 Å². The van der Waals surface area contributed by atoms with E-state index in [1.165, 1.54) is 4.31 Å². The number of rotatable bonds is 4. The summed E-state index contributed by atoms with van der Waals surface area (Å²) in [7, 11) is -1.76. The molecule has 0 saturated carbocycles. The summed E-state index contributed by atoms with van der Waals surface area (Å²) in [5.41, 5.74) is 2.53. The summed E-state index contributed by atoms with van der Waals surface area (Å²) in [6.07, 6.45) is 4.95. The quantitative estimate of drug-likeness (QED) is 0.840. The fourth-order valence-electron chi connectivity index (χ4n) is 3.43. The van der Waals surface area contributed by atoms with Crippen molar-refractivity contribution in [1.29, 1.82) is 0 Å². The number of carbonyl (C=O) groups excluding carboxylic acids is 1. The third kappa shape index (κ3) is 3.74. The number of hydrogen-bond donors (Lipinski definition) is 1. The molecule has 3 rings (SSSR count). The molecular weight excluding hydrogens is 366 g/mol. The van der Waals surface area contributed by atoms with Crippen molar-refractivity contribution in [2.75, 3.05) is 12.8 Å². The van der Waals surface area contributed by atoms with Crippen LogP contribution in [-0.4, -0.2) is 46.2 Å². The summed E-state index contributed by atoms with van der Waals surface area (Å²) in [5, 5.41) is 7.21. The Bertz CT molecular complexity index is 963. The first-order valence-corrected chi connectivity index (χ1v) is 10.6. The molecule has 3 heterocycles. The molecule has 1 aliphatic heterocycles. The van der Waals surface area contributed by atoms with Gasteiger partial charge in [-0.15, -0.1) is 0 Å². The molecule has 0 spiro atoms. The lowest BCUT2D eigenvalue weighted by Gasteiger charge is -2.35. The molecule has 0 aromatic carbocycles. The smallest absolute Gasteiger partial charge is 0.243 e. The molecule has 0 bridgehead atoms. The molecule has 2 aromatic heterocycles. The number of nitrogens with one attached hydrogen (secondary N) is 1. The minimum atomic E-state index is -3.56. The van der Waals surface area contributed by atoms with E-state index < -0.39 is 21.6 Å². The Morgan fingerprint density at radius 2 is 2.00 bits per heavy atom. The van der Waals surface area contributed by atoms with E-state index in [-0.39, 0.29) is 12.5 Å². The summed E-state index contributed by atoms with van der Waals surface area (Å²) in [4.78, 5) is 17.5. The van der Waals surface area contributed by atoms with Crippen molar-refractivity contribution < 1.29 is 13.2 Å². The van der Waals surface area contributed by atoms with E-state index >= 15 is 0 Å². The summed E-state index contributed by atoms with van der Waals surface area (Å²) in [5.74, 6) is -0.375. The molecule has 1 atom stereocenters. The van der Waals surface area contributed by atoms with Crippen LogP contribution in [0.3, 0.4) is 0 Å². The minimum absolute atomic E-state index is 0.246. The van der Waals surface area contributed by atoms with E-state index in [2.05, 4.69) is 15.4 Å². The van der Waals surface area contributed by atoms with Gasteiger partial charge < -0.3 is 5.32 Å². The molecule has 1 unspecified atom stereocenters. The van der Waals surface area contributed by atoms with Crippen molar-refractivity contribution in [3.8, 4) is 0 Å². The highest BCUT2D eigenvalue weighted by molar-refractivity contribution is 7.88. The first kappa shape index (κ1) is 19.5. The van der Waals surface area contributed by atoms with Crippen LogP contribution in [0.25, 0.3) is 0 Å². The largest absolute Gasteiger partial charge is 0.345 e. The van der Waals surface area contributed by atoms with Gasteiger partial charge >= 0.3 is 0 Å². The maximum Gasteiger partial charge on any atom is 0.243 e. The van der Waals surface area contributed by atoms with Crippen molar-refractivity contribution >= 4 is 15.9 Å². The van der Waals surface area contributed by atoms with Crippen molar-refractivity contribution in [1.82, 2.24) is 24.4 Å². The van der Waals surface area contributed by atoms with Gasteiger partial charge in [-0.2, -0.15) is 9.40 Å². The lowest BCUT2D eigenvalue weighted by Crippen LogP contribution is -2.51. The number of amides is 1. The highest BCUT2D eigenvalue weighted by Crippen LogP contribution is 2.32. The second-order valence-electron chi connectivity index (χ2n) is 7.50. The van der Waals surface area contributed by atoms with E-state index in [0.717, 1.165) is 23.2 Å². The second kappa shape index (κ2) is 6.72. The van der Waals surface area contributed by atoms with Gasteiger partial charge in [0.2, 0.25) is 15.9 Å². The second-order valence-corrected chi connectivity index (χ2v) is 9.43. The average Bonchev–Trinajstić information content (AvgIpc) is 2.94. The van der Waals surface area contributed by atoms with Gasteiger partial charge in [-0.05, 0) is 32.4 Å². The number of carbonyl (C=O) groups is 1. The maximum atomic E-state index is 13.2. The first-order valence-electron chi connectivity index (χ1n) is 8.73. The molecule has 9 heteroatoms. The Kier molecular flexibility index (Phi) is 4.85. The van der Waals surface area contributed by atoms with E-state index in [1.54, 1.807) is 24.1 Å². The van der Waals surface area contributed by atoms with Gasteiger partial charge in [0.05, 0.1) is 18.0 Å². The first-order chi connectivity index (χ1) is 12.5. The normalized spacial score (nSPS) is 18.2. The summed E-state index contributed by atoms with van der Waals surface area (Å²) in [6, 6.07) is 2.86. The monoisotopic (exact) mass is 391 g/mol. The fourth-order valence-corrected chi connectivity index (χ4v) is 4.45. The summed E-state index contributed by atoms with van der Waals surface area (Å²) >= 11 is 0. The van der Waals surface area contributed by atoms with Gasteiger partial charge in [0, 0.05) is 43.2 Å². The Labute approximate surface area is 159 Å². The number of aryl methyl sites for hydroxylation is 2. The van der Waals surface area contributed by atoms with Gasteiger partial charge in [-0.3, -0.25) is 14.5 Å². The van der Waals surface area contributed by atoms with Crippen LogP contribution in [0.1, 0.15) is 42.4 Å². The molecule has 1 N–H and O–H groups in total. The molecule has 27 heavy (non-hydrogen) atoms. The fraction of sp³-hybridized carbons (Fsp3) is 0.500. The maximum absolute atomic E-state index is 13.2. The van der Waals surface area contributed by atoms with Gasteiger partial charge in [0.1, 0.15) is 6.04 Å². The predicted molar refractivity (Wildman–Crippen MR) is 101 cm³/mol. The van der Waals surface area contributed by atoms with Crippen molar-refractivity contribution in [2.24, 2.45) is 7.05 Å². The van der Waals surface area contributed by atoms with Gasteiger partial charge in [-0.25, -0.2) is 8.42 Å². The van der Waals surface area contributed by atoms with Crippen LogP contribution in [-0.2, 0) is 33.8 Å². The number of sulfonamides is 1. The van der Waals surface area contributed by atoms with Crippen LogP contribution in [0.2, 0.25) is 0 Å². The molecule has 1 aliphatic rings. The Balaban J connectivity index is 1.96. The van der Waals surface area contributed by atoms with Crippen LogP contribution in [0.15, 0.2) is 24.5 Å². The zero-order valence-corrected chi connectivity index (χ0v) is 17.0. The summed E-state index contributed by atoms with van der Waals surface area (Å²) < 4.78 is 27.5. The molecule has 8 nitrogen and oxygen atoms in total. The summed E-state index contributed by atoms with van der Waals surface area (Å²) in [6.45, 7) is 5.88. The number of fused-ring (bicyclic) bond motifs is 1. The van der Waals surface area contributed by atoms with E-state index in [1.807, 2.05) is 32.9 Å². The van der Waals surface area contributed by atoms with E-state index in [0.29, 0.717) is 12.0 Å². The third-order valence-electron chi connectivity index (χ3n) is 4.99. The number of aromatic nitrogens is 3. The lowest BCUT2D eigenvalue weighted by atomic mass is 9.93. The molecule has 2 aromatic rings. The molecule has 146 valence electrons. The predicted octanol–water partition coefficient (Wildman–Crippen LogP) is 1.03. The topological polar surface area (TPSA) is 97.2 Å². The van der Waals surface area contributed by atoms with Crippen molar-refractivity contribution in [2.45, 2.75) is 38.8 Å². The average molecular weight is 391 g/mol. The minimum Gasteiger partial charge on any atom is -0.345 e. The third-order valence-corrected chi connectivity index (χ3v) is 6.23. The molecule has 0 aliphatic carbocycles. The Morgan fingerprint density at radius 1 is 1.30 bits per heavy atom. The number of hydrogen-bond acceptors (Lipinski definition) is 5. The highest BCUT2D eigenvalue weighted by atomic mass is 32.2. The van der Waals surface area contributed by atoms with E-state index in [4.69, 9.17) is 0 Å². The number of nitrogens with zero attached hydrogens (tertiary/aromatic N) is 4. The zero-order chi connectivity index (χ0) is 20.0. The number of pyridine rings is 1. The molecule has 0 fully saturated rings. The van der Waals surface area contributed by atoms with Crippen LogP contribution in [0.5, 0.6) is 0 Å². The SMILES string of the molecule is Cc1ccc(C(C)(C)NC(=O)C2c3cnn(C)c3CCN2S(C)(=O)=O)cn1. The Morgan fingerprint density at radius 3 is 2.59 bits per heavy atom. The van der Waals surface area contributed by atoms with Gasteiger partial charge in [0.25, 0.3) is 0 Å². The van der Waals surface area contributed by atoms with Gasteiger partial charge in [0.15, 0.2) is 0 Å². The molecule has 0 saturated heterocycles. The molecule has 1 amide bonds. The van der Waals surface area contributed by atoms with Crippen LogP contribution in [0.4, 0.5) is 0 Å². The highest BCUT2D eigenvalue weighted by Gasteiger charge is 2.41. The van der Waals surface area contributed by atoms with Crippen LogP contribution >= 0.6 is 0 Å². The Hall–Kier alpha value is -2.26.